The van der Waals surface area contributed by atoms with Crippen molar-refractivity contribution in [1.29, 1.82) is 0 Å². The summed E-state index contributed by atoms with van der Waals surface area (Å²) >= 11 is 0. The fraction of sp³-hybridized carbons (Fsp3) is 0.231. The zero-order chi connectivity index (χ0) is 22.0. The number of carbonyl (C=O) groups excluding carboxylic acids is 1. The first-order chi connectivity index (χ1) is 14.9. The fourth-order valence-corrected chi connectivity index (χ4v) is 4.28. The number of benzene rings is 2. The van der Waals surface area contributed by atoms with E-state index < -0.39 is 0 Å². The van der Waals surface area contributed by atoms with Crippen LogP contribution in [-0.2, 0) is 0 Å². The van der Waals surface area contributed by atoms with Gasteiger partial charge in [0.05, 0.1) is 11.8 Å². The normalized spacial score (nSPS) is 15.0. The Morgan fingerprint density at radius 3 is 2.48 bits per heavy atom. The molecule has 0 bridgehead atoms. The molecule has 5 heteroatoms. The van der Waals surface area contributed by atoms with Gasteiger partial charge in [0.2, 0.25) is 0 Å². The second-order valence-corrected chi connectivity index (χ2v) is 8.34. The second-order valence-electron chi connectivity index (χ2n) is 8.34. The number of fused-ring (bicyclic) bond motifs is 1. The van der Waals surface area contributed by atoms with Crippen molar-refractivity contribution >= 4 is 23.4 Å². The zero-order valence-electron chi connectivity index (χ0n) is 18.5. The first kappa shape index (κ1) is 20.7. The first-order valence-corrected chi connectivity index (χ1v) is 10.6. The Bertz CT molecular complexity index is 1140. The molecule has 1 amide bonds. The molecule has 2 aromatic carbocycles. The molecular formula is C26H28N4O. The topological polar surface area (TPSA) is 49.6 Å². The Kier molecular flexibility index (Phi) is 5.51. The number of hydrogen-bond acceptors (Lipinski definition) is 3. The Balaban J connectivity index is 1.46. The molecule has 0 fully saturated rings. The van der Waals surface area contributed by atoms with Crippen molar-refractivity contribution in [3.05, 3.63) is 89.8 Å². The standard InChI is InChI=1S/C26H28N4O/c1-5-30-24-13-8-20(16-23(24)19(2)17-26(30,3)4)18-27-28-25(31)21-9-11-22(12-10-21)29-14-6-7-15-29/h6-18H,5H2,1-4H3,(H,28,31)/b27-18+. The minimum atomic E-state index is -0.233. The van der Waals surface area contributed by atoms with Crippen molar-refractivity contribution in [3.63, 3.8) is 0 Å². The molecule has 1 aromatic heterocycles. The van der Waals surface area contributed by atoms with Gasteiger partial charge in [0, 0.05) is 41.4 Å². The summed E-state index contributed by atoms with van der Waals surface area (Å²) in [6.07, 6.45) is 7.93. The van der Waals surface area contributed by atoms with E-state index in [0.717, 1.165) is 17.8 Å². The minimum Gasteiger partial charge on any atom is -0.363 e. The van der Waals surface area contributed by atoms with Gasteiger partial charge in [-0.25, -0.2) is 5.43 Å². The Labute approximate surface area is 183 Å². The number of hydrogen-bond donors (Lipinski definition) is 1. The van der Waals surface area contributed by atoms with E-state index in [4.69, 9.17) is 0 Å². The predicted octanol–water partition coefficient (Wildman–Crippen LogP) is 5.26. The van der Waals surface area contributed by atoms with E-state index in [-0.39, 0.29) is 11.4 Å². The number of rotatable bonds is 5. The van der Waals surface area contributed by atoms with Gasteiger partial charge in [0.1, 0.15) is 0 Å². The summed E-state index contributed by atoms with van der Waals surface area (Å²) in [5.74, 6) is -0.233. The molecule has 1 aliphatic rings. The van der Waals surface area contributed by atoms with Crippen LogP contribution >= 0.6 is 0 Å². The third kappa shape index (κ3) is 4.17. The van der Waals surface area contributed by atoms with E-state index in [1.165, 1.54) is 16.8 Å². The number of amides is 1. The number of allylic oxidation sites excluding steroid dienone is 1. The molecule has 158 valence electrons. The largest absolute Gasteiger partial charge is 0.363 e. The average molecular weight is 413 g/mol. The maximum absolute atomic E-state index is 12.4. The molecule has 0 saturated heterocycles. The molecule has 0 radical (unpaired) electrons. The highest BCUT2D eigenvalue weighted by Crippen LogP contribution is 2.38. The number of nitrogens with one attached hydrogen (secondary N) is 1. The number of aromatic nitrogens is 1. The van der Waals surface area contributed by atoms with Crippen LogP contribution in [0.4, 0.5) is 5.69 Å². The maximum Gasteiger partial charge on any atom is 0.271 e. The van der Waals surface area contributed by atoms with Crippen molar-refractivity contribution in [2.45, 2.75) is 33.2 Å². The van der Waals surface area contributed by atoms with Gasteiger partial charge in [-0.15, -0.1) is 0 Å². The van der Waals surface area contributed by atoms with Crippen LogP contribution in [0, 0.1) is 0 Å². The second kappa shape index (κ2) is 8.26. The Hall–Kier alpha value is -3.60. The quantitative estimate of drug-likeness (QED) is 0.459. The van der Waals surface area contributed by atoms with E-state index >= 15 is 0 Å². The average Bonchev–Trinajstić information content (AvgIpc) is 3.29. The van der Waals surface area contributed by atoms with Crippen LogP contribution in [0.3, 0.4) is 0 Å². The fourth-order valence-electron chi connectivity index (χ4n) is 4.28. The van der Waals surface area contributed by atoms with E-state index in [1.807, 2.05) is 47.3 Å². The highest BCUT2D eigenvalue weighted by Gasteiger charge is 2.29. The van der Waals surface area contributed by atoms with Gasteiger partial charge in [-0.2, -0.15) is 5.10 Å². The van der Waals surface area contributed by atoms with Crippen LogP contribution in [0.2, 0.25) is 0 Å². The third-order valence-corrected chi connectivity index (χ3v) is 5.73. The number of carbonyl (C=O) groups is 1. The summed E-state index contributed by atoms with van der Waals surface area (Å²) in [6, 6.07) is 17.7. The van der Waals surface area contributed by atoms with Crippen LogP contribution in [0.15, 0.2) is 78.2 Å². The molecule has 0 atom stereocenters. The van der Waals surface area contributed by atoms with Gasteiger partial charge in [0.15, 0.2) is 0 Å². The lowest BCUT2D eigenvalue weighted by Gasteiger charge is -2.42. The number of anilines is 1. The number of likely N-dealkylation sites (N-methyl/N-ethyl adjacent to an activating group) is 1. The molecule has 0 saturated carbocycles. The molecule has 2 heterocycles. The molecule has 0 spiro atoms. The smallest absolute Gasteiger partial charge is 0.271 e. The maximum atomic E-state index is 12.4. The van der Waals surface area contributed by atoms with Crippen LogP contribution in [0.25, 0.3) is 11.3 Å². The monoisotopic (exact) mass is 412 g/mol. The van der Waals surface area contributed by atoms with Crippen molar-refractivity contribution in [3.8, 4) is 5.69 Å². The van der Waals surface area contributed by atoms with Crippen molar-refractivity contribution in [1.82, 2.24) is 9.99 Å². The Morgan fingerprint density at radius 2 is 1.81 bits per heavy atom. The molecule has 1 aliphatic heterocycles. The summed E-state index contributed by atoms with van der Waals surface area (Å²) in [5.41, 5.74) is 8.84. The van der Waals surface area contributed by atoms with Gasteiger partial charge < -0.3 is 9.47 Å². The lowest BCUT2D eigenvalue weighted by Crippen LogP contribution is -2.44. The molecular weight excluding hydrogens is 384 g/mol. The lowest BCUT2D eigenvalue weighted by molar-refractivity contribution is 0.0955. The van der Waals surface area contributed by atoms with Crippen molar-refractivity contribution in [2.75, 3.05) is 11.4 Å². The summed E-state index contributed by atoms with van der Waals surface area (Å²) in [6.45, 7) is 9.73. The van der Waals surface area contributed by atoms with Gasteiger partial charge in [-0.1, -0.05) is 12.1 Å². The van der Waals surface area contributed by atoms with Crippen molar-refractivity contribution < 1.29 is 4.79 Å². The van der Waals surface area contributed by atoms with Crippen LogP contribution < -0.4 is 10.3 Å². The Morgan fingerprint density at radius 1 is 1.10 bits per heavy atom. The number of nitrogens with zero attached hydrogens (tertiary/aromatic N) is 3. The molecule has 0 unspecified atom stereocenters. The summed E-state index contributed by atoms with van der Waals surface area (Å²) < 4.78 is 1.99. The third-order valence-electron chi connectivity index (χ3n) is 5.73. The molecule has 31 heavy (non-hydrogen) atoms. The summed E-state index contributed by atoms with van der Waals surface area (Å²) in [7, 11) is 0. The van der Waals surface area contributed by atoms with E-state index in [2.05, 4.69) is 61.3 Å². The zero-order valence-corrected chi connectivity index (χ0v) is 18.5. The molecule has 0 aliphatic carbocycles. The summed E-state index contributed by atoms with van der Waals surface area (Å²) in [5, 5.41) is 4.17. The molecule has 5 nitrogen and oxygen atoms in total. The van der Waals surface area contributed by atoms with Crippen LogP contribution in [0.5, 0.6) is 0 Å². The van der Waals surface area contributed by atoms with E-state index in [1.54, 1.807) is 18.3 Å². The SMILES string of the molecule is CCN1c2ccc(/C=N/NC(=O)c3ccc(-n4cccc4)cc3)cc2C(C)=CC1(C)C. The van der Waals surface area contributed by atoms with Gasteiger partial charge >= 0.3 is 0 Å². The van der Waals surface area contributed by atoms with Gasteiger partial charge in [-0.3, -0.25) is 4.79 Å². The lowest BCUT2D eigenvalue weighted by atomic mass is 9.88. The number of hydrazone groups is 1. The highest BCUT2D eigenvalue weighted by molar-refractivity contribution is 5.95. The van der Waals surface area contributed by atoms with Crippen LogP contribution in [0.1, 0.15) is 49.2 Å². The van der Waals surface area contributed by atoms with E-state index in [0.29, 0.717) is 5.56 Å². The molecule has 4 rings (SSSR count). The van der Waals surface area contributed by atoms with Gasteiger partial charge in [-0.05, 0) is 87.4 Å². The van der Waals surface area contributed by atoms with E-state index in [9.17, 15) is 4.79 Å². The summed E-state index contributed by atoms with van der Waals surface area (Å²) in [4.78, 5) is 14.8. The van der Waals surface area contributed by atoms with Crippen molar-refractivity contribution in [2.24, 2.45) is 5.10 Å². The molecule has 3 aromatic rings. The molecule has 1 N–H and O–H groups in total. The van der Waals surface area contributed by atoms with Crippen LogP contribution in [-0.4, -0.2) is 28.8 Å². The van der Waals surface area contributed by atoms with Gasteiger partial charge in [0.25, 0.3) is 5.91 Å². The highest BCUT2D eigenvalue weighted by atomic mass is 16.2. The predicted molar refractivity (Wildman–Crippen MR) is 128 cm³/mol. The minimum absolute atomic E-state index is 0.00763. The first-order valence-electron chi connectivity index (χ1n) is 10.6.